The SMILES string of the molecule is c1ccc(-c2cccc(-n3c4ccccc4c4cc(-c5ccc6c(c5)c5nc(-c7ccccc7)c(-c7cccc8oc9ccccc9c78)nc5n6-c5ccccc5)ccc43)c2)cc1. The molecule has 0 spiro atoms. The van der Waals surface area contributed by atoms with Crippen molar-refractivity contribution in [1.29, 1.82) is 0 Å². The summed E-state index contributed by atoms with van der Waals surface area (Å²) in [5.41, 5.74) is 17.1. The van der Waals surface area contributed by atoms with E-state index in [0.717, 1.165) is 89.0 Å². The molecule has 294 valence electrons. The van der Waals surface area contributed by atoms with Gasteiger partial charge in [0, 0.05) is 49.4 Å². The van der Waals surface area contributed by atoms with Crippen LogP contribution in [0.2, 0.25) is 0 Å². The number of rotatable bonds is 6. The van der Waals surface area contributed by atoms with Crippen LogP contribution in [-0.2, 0) is 0 Å². The molecule has 0 saturated heterocycles. The average molecular weight is 805 g/mol. The van der Waals surface area contributed by atoms with Crippen LogP contribution < -0.4 is 0 Å². The van der Waals surface area contributed by atoms with Crippen LogP contribution in [0.15, 0.2) is 223 Å². The molecule has 13 rings (SSSR count). The van der Waals surface area contributed by atoms with Gasteiger partial charge in [0.15, 0.2) is 5.65 Å². The first kappa shape index (κ1) is 35.2. The maximum absolute atomic E-state index is 6.38. The van der Waals surface area contributed by atoms with Crippen LogP contribution >= 0.6 is 0 Å². The van der Waals surface area contributed by atoms with Gasteiger partial charge in [-0.3, -0.25) is 4.57 Å². The van der Waals surface area contributed by atoms with Crippen LogP contribution in [0.3, 0.4) is 0 Å². The molecular formula is C58H36N4O. The Morgan fingerprint density at radius 1 is 0.333 bits per heavy atom. The molecule has 0 unspecified atom stereocenters. The molecular weight excluding hydrogens is 769 g/mol. The molecule has 63 heavy (non-hydrogen) atoms. The van der Waals surface area contributed by atoms with Crippen LogP contribution in [0.25, 0.3) is 122 Å². The average Bonchev–Trinajstić information content (AvgIpc) is 4.01. The third-order valence-corrected chi connectivity index (χ3v) is 12.5. The van der Waals surface area contributed by atoms with E-state index in [1.165, 1.54) is 32.9 Å². The number of nitrogens with zero attached hydrogens (tertiary/aromatic N) is 4. The molecule has 0 N–H and O–H groups in total. The highest BCUT2D eigenvalue weighted by Gasteiger charge is 2.24. The van der Waals surface area contributed by atoms with Crippen LogP contribution in [0, 0.1) is 0 Å². The molecule has 0 saturated carbocycles. The summed E-state index contributed by atoms with van der Waals surface area (Å²) in [6, 6.07) is 77.2. The predicted octanol–water partition coefficient (Wildman–Crippen LogP) is 15.2. The first-order chi connectivity index (χ1) is 31.2. The van der Waals surface area contributed by atoms with Gasteiger partial charge in [0.2, 0.25) is 0 Å². The van der Waals surface area contributed by atoms with Crippen LogP contribution in [0.1, 0.15) is 0 Å². The zero-order valence-electron chi connectivity index (χ0n) is 34.0. The molecule has 4 aromatic heterocycles. The first-order valence-electron chi connectivity index (χ1n) is 21.3. The van der Waals surface area contributed by atoms with Gasteiger partial charge in [-0.2, -0.15) is 0 Å². The zero-order valence-corrected chi connectivity index (χ0v) is 34.0. The summed E-state index contributed by atoms with van der Waals surface area (Å²) < 4.78 is 11.0. The molecule has 0 aliphatic rings. The Morgan fingerprint density at radius 2 is 0.905 bits per heavy atom. The van der Waals surface area contributed by atoms with E-state index in [1.54, 1.807) is 0 Å². The number of furan rings is 1. The lowest BCUT2D eigenvalue weighted by Gasteiger charge is -2.12. The van der Waals surface area contributed by atoms with Gasteiger partial charge in [-0.1, -0.05) is 152 Å². The van der Waals surface area contributed by atoms with Crippen molar-refractivity contribution in [2.45, 2.75) is 0 Å². The monoisotopic (exact) mass is 804 g/mol. The lowest BCUT2D eigenvalue weighted by atomic mass is 9.99. The Bertz CT molecular complexity index is 3900. The van der Waals surface area contributed by atoms with Crippen molar-refractivity contribution >= 4 is 65.8 Å². The fourth-order valence-corrected chi connectivity index (χ4v) is 9.66. The highest BCUT2D eigenvalue weighted by Crippen LogP contribution is 2.43. The minimum absolute atomic E-state index is 0.795. The Labute approximate surface area is 362 Å². The van der Waals surface area contributed by atoms with Crippen molar-refractivity contribution in [3.05, 3.63) is 218 Å². The molecule has 5 nitrogen and oxygen atoms in total. The van der Waals surface area contributed by atoms with Gasteiger partial charge in [-0.05, 0) is 89.0 Å². The van der Waals surface area contributed by atoms with E-state index < -0.39 is 0 Å². The number of para-hydroxylation sites is 3. The molecule has 5 heteroatoms. The van der Waals surface area contributed by atoms with E-state index in [9.17, 15) is 0 Å². The molecule has 0 amide bonds. The summed E-state index contributed by atoms with van der Waals surface area (Å²) in [7, 11) is 0. The van der Waals surface area contributed by atoms with Gasteiger partial charge in [-0.15, -0.1) is 0 Å². The van der Waals surface area contributed by atoms with E-state index in [4.69, 9.17) is 14.4 Å². The Hall–Kier alpha value is -8.54. The van der Waals surface area contributed by atoms with E-state index in [-0.39, 0.29) is 0 Å². The Kier molecular flexibility index (Phi) is 7.84. The fraction of sp³-hybridized carbons (Fsp3) is 0. The molecule has 0 radical (unpaired) electrons. The third-order valence-electron chi connectivity index (χ3n) is 12.5. The highest BCUT2D eigenvalue weighted by atomic mass is 16.3. The summed E-state index contributed by atoms with van der Waals surface area (Å²) in [6.45, 7) is 0. The van der Waals surface area contributed by atoms with Gasteiger partial charge in [0.1, 0.15) is 16.7 Å². The zero-order chi connectivity index (χ0) is 41.4. The van der Waals surface area contributed by atoms with Crippen LogP contribution in [-0.4, -0.2) is 19.1 Å². The molecule has 0 bridgehead atoms. The largest absolute Gasteiger partial charge is 0.456 e. The molecule has 0 fully saturated rings. The van der Waals surface area contributed by atoms with Crippen molar-refractivity contribution in [3.63, 3.8) is 0 Å². The Morgan fingerprint density at radius 3 is 1.70 bits per heavy atom. The number of fused-ring (bicyclic) bond motifs is 9. The molecule has 9 aromatic carbocycles. The van der Waals surface area contributed by atoms with Crippen LogP contribution in [0.5, 0.6) is 0 Å². The van der Waals surface area contributed by atoms with Gasteiger partial charge in [-0.25, -0.2) is 9.97 Å². The number of benzene rings is 9. The third kappa shape index (κ3) is 5.57. The van der Waals surface area contributed by atoms with Crippen molar-refractivity contribution in [3.8, 4) is 56.1 Å². The normalized spacial score (nSPS) is 11.8. The maximum Gasteiger partial charge on any atom is 0.165 e. The number of hydrogen-bond donors (Lipinski definition) is 0. The topological polar surface area (TPSA) is 48.8 Å². The summed E-state index contributed by atoms with van der Waals surface area (Å²) in [4.78, 5) is 11.3. The van der Waals surface area contributed by atoms with E-state index in [0.29, 0.717) is 0 Å². The summed E-state index contributed by atoms with van der Waals surface area (Å²) in [6.07, 6.45) is 0. The van der Waals surface area contributed by atoms with Gasteiger partial charge in [0.05, 0.1) is 27.9 Å². The second kappa shape index (κ2) is 14.0. The quantitative estimate of drug-likeness (QED) is 0.168. The minimum Gasteiger partial charge on any atom is -0.456 e. The molecule has 0 aliphatic carbocycles. The predicted molar refractivity (Wildman–Crippen MR) is 260 cm³/mol. The highest BCUT2D eigenvalue weighted by molar-refractivity contribution is 6.15. The lowest BCUT2D eigenvalue weighted by Crippen LogP contribution is -1.99. The van der Waals surface area contributed by atoms with Gasteiger partial charge >= 0.3 is 0 Å². The summed E-state index contributed by atoms with van der Waals surface area (Å²) >= 11 is 0. The molecule has 0 atom stereocenters. The number of aromatic nitrogens is 4. The van der Waals surface area contributed by atoms with Crippen molar-refractivity contribution in [1.82, 2.24) is 19.1 Å². The summed E-state index contributed by atoms with van der Waals surface area (Å²) in [5, 5.41) is 5.54. The standard InChI is InChI=1S/C58H36N4O/c1-4-16-37(17-5-1)39-20-14-23-43(34-39)61-49-27-12-10-24-44(49)47-35-40(30-32-50(47)61)41-31-33-51-48(36-41)57-58(62(51)42-21-8-3-9-22-42)60-56(55(59-57)38-18-6-2-7-19-38)46-26-15-29-53-54(46)45-25-11-13-28-52(45)63-53/h1-36H. The number of hydrogen-bond acceptors (Lipinski definition) is 3. The van der Waals surface area contributed by atoms with Crippen LogP contribution in [0.4, 0.5) is 0 Å². The first-order valence-corrected chi connectivity index (χ1v) is 21.3. The molecule has 13 aromatic rings. The summed E-state index contributed by atoms with van der Waals surface area (Å²) in [5.74, 6) is 0. The van der Waals surface area contributed by atoms with E-state index in [2.05, 4.69) is 203 Å². The van der Waals surface area contributed by atoms with Gasteiger partial charge in [0.25, 0.3) is 0 Å². The smallest absolute Gasteiger partial charge is 0.165 e. The minimum atomic E-state index is 0.795. The molecule has 0 aliphatic heterocycles. The second-order valence-electron chi connectivity index (χ2n) is 16.1. The Balaban J connectivity index is 1.04. The van der Waals surface area contributed by atoms with Crippen molar-refractivity contribution in [2.75, 3.05) is 0 Å². The fourth-order valence-electron chi connectivity index (χ4n) is 9.66. The molecule has 4 heterocycles. The van der Waals surface area contributed by atoms with Gasteiger partial charge < -0.3 is 8.98 Å². The van der Waals surface area contributed by atoms with E-state index >= 15 is 0 Å². The van der Waals surface area contributed by atoms with E-state index in [1.807, 2.05) is 24.3 Å². The lowest BCUT2D eigenvalue weighted by molar-refractivity contribution is 0.669. The second-order valence-corrected chi connectivity index (χ2v) is 16.1. The van der Waals surface area contributed by atoms with Crippen molar-refractivity contribution in [2.24, 2.45) is 0 Å². The van der Waals surface area contributed by atoms with Crippen molar-refractivity contribution < 1.29 is 4.42 Å². The maximum atomic E-state index is 6.38.